The Hall–Kier alpha value is -2.85. The van der Waals surface area contributed by atoms with Gasteiger partial charge in [-0.05, 0) is 56.2 Å². The smallest absolute Gasteiger partial charge is 0.257 e. The number of rotatable bonds is 8. The average Bonchev–Trinajstić information content (AvgIpc) is 2.65. The summed E-state index contributed by atoms with van der Waals surface area (Å²) in [6.45, 7) is 6.71. The fraction of sp³-hybridized carbons (Fsp3) is 0.333. The van der Waals surface area contributed by atoms with Crippen LogP contribution in [0.15, 0.2) is 47.4 Å². The second kappa shape index (κ2) is 9.97. The molecule has 1 unspecified atom stereocenters. The van der Waals surface area contributed by atoms with Crippen LogP contribution in [0.1, 0.15) is 38.1 Å². The number of hydrogen-bond acceptors (Lipinski definition) is 4. The Morgan fingerprint density at radius 3 is 1.94 bits per heavy atom. The van der Waals surface area contributed by atoms with Crippen molar-refractivity contribution in [3.8, 4) is 0 Å². The maximum Gasteiger partial charge on any atom is 0.257 e. The summed E-state index contributed by atoms with van der Waals surface area (Å²) >= 11 is 0. The first-order valence-electron chi connectivity index (χ1n) is 9.60. The minimum absolute atomic E-state index is 0.0305. The van der Waals surface area contributed by atoms with E-state index in [-0.39, 0.29) is 10.9 Å². The van der Waals surface area contributed by atoms with E-state index in [1.54, 1.807) is 27.7 Å². The number of amides is 2. The summed E-state index contributed by atoms with van der Waals surface area (Å²) in [4.78, 5) is 25.1. The Morgan fingerprint density at radius 2 is 1.45 bits per heavy atom. The Morgan fingerprint density at radius 1 is 0.903 bits per heavy atom. The number of anilines is 1. The molecule has 31 heavy (non-hydrogen) atoms. The van der Waals surface area contributed by atoms with Crippen LogP contribution in [-0.2, 0) is 14.8 Å². The number of halogens is 2. The highest BCUT2D eigenvalue weighted by Gasteiger charge is 2.27. The van der Waals surface area contributed by atoms with Crippen molar-refractivity contribution < 1.29 is 26.8 Å². The van der Waals surface area contributed by atoms with E-state index in [9.17, 15) is 26.8 Å². The standard InChI is InChI=1S/C21H25F2N3O4S/c1-12(2)19(25-20(27)18-16(22)6-5-7-17(18)23)21(28)24-14-8-10-15(11-9-14)31(29,30)26-13(3)4/h5-13,19,26H,1-4H3,(H,24,28)(H,25,27). The van der Waals surface area contributed by atoms with Gasteiger partial charge in [0.2, 0.25) is 15.9 Å². The van der Waals surface area contributed by atoms with Crippen LogP contribution in [0.3, 0.4) is 0 Å². The fourth-order valence-corrected chi connectivity index (χ4v) is 4.03. The average molecular weight is 454 g/mol. The summed E-state index contributed by atoms with van der Waals surface area (Å²) in [6.07, 6.45) is 0. The van der Waals surface area contributed by atoms with Gasteiger partial charge < -0.3 is 10.6 Å². The summed E-state index contributed by atoms with van der Waals surface area (Å²) in [7, 11) is -3.68. The van der Waals surface area contributed by atoms with Crippen molar-refractivity contribution in [3.63, 3.8) is 0 Å². The van der Waals surface area contributed by atoms with Gasteiger partial charge in [-0.25, -0.2) is 21.9 Å². The lowest BCUT2D eigenvalue weighted by Crippen LogP contribution is -2.47. The van der Waals surface area contributed by atoms with E-state index in [1.165, 1.54) is 24.3 Å². The summed E-state index contributed by atoms with van der Waals surface area (Å²) in [6, 6.07) is 7.14. The molecule has 0 spiro atoms. The zero-order chi connectivity index (χ0) is 23.3. The van der Waals surface area contributed by atoms with Gasteiger partial charge in [-0.3, -0.25) is 9.59 Å². The lowest BCUT2D eigenvalue weighted by molar-refractivity contribution is -0.118. The van der Waals surface area contributed by atoms with Gasteiger partial charge in [0.25, 0.3) is 5.91 Å². The molecule has 0 radical (unpaired) electrons. The molecule has 0 bridgehead atoms. The van der Waals surface area contributed by atoms with Gasteiger partial charge in [0.15, 0.2) is 0 Å². The summed E-state index contributed by atoms with van der Waals surface area (Å²) in [5, 5.41) is 4.93. The third kappa shape index (κ3) is 6.31. The van der Waals surface area contributed by atoms with Crippen LogP contribution in [0.4, 0.5) is 14.5 Å². The highest BCUT2D eigenvalue weighted by Crippen LogP contribution is 2.17. The van der Waals surface area contributed by atoms with Crippen molar-refractivity contribution in [3.05, 3.63) is 59.7 Å². The van der Waals surface area contributed by atoms with Gasteiger partial charge in [-0.2, -0.15) is 0 Å². The van der Waals surface area contributed by atoms with Crippen LogP contribution in [-0.4, -0.2) is 32.3 Å². The molecule has 0 heterocycles. The topological polar surface area (TPSA) is 104 Å². The maximum atomic E-state index is 13.9. The van der Waals surface area contributed by atoms with Crippen molar-refractivity contribution >= 4 is 27.5 Å². The minimum Gasteiger partial charge on any atom is -0.340 e. The second-order valence-electron chi connectivity index (χ2n) is 7.58. The van der Waals surface area contributed by atoms with E-state index in [4.69, 9.17) is 0 Å². The predicted octanol–water partition coefficient (Wildman–Crippen LogP) is 3.04. The number of hydrogen-bond donors (Lipinski definition) is 3. The maximum absolute atomic E-state index is 13.9. The van der Waals surface area contributed by atoms with Crippen molar-refractivity contribution in [2.24, 2.45) is 5.92 Å². The van der Waals surface area contributed by atoms with Crippen molar-refractivity contribution in [1.29, 1.82) is 0 Å². The largest absolute Gasteiger partial charge is 0.340 e. The zero-order valence-corrected chi connectivity index (χ0v) is 18.4. The molecule has 0 saturated carbocycles. The Labute approximate surface area is 180 Å². The van der Waals surface area contributed by atoms with Gasteiger partial charge in [0, 0.05) is 11.7 Å². The van der Waals surface area contributed by atoms with E-state index in [0.29, 0.717) is 5.69 Å². The predicted molar refractivity (Wildman–Crippen MR) is 113 cm³/mol. The molecule has 2 aromatic rings. The Balaban J connectivity index is 2.15. The zero-order valence-electron chi connectivity index (χ0n) is 17.6. The lowest BCUT2D eigenvalue weighted by Gasteiger charge is -2.22. The van der Waals surface area contributed by atoms with Gasteiger partial charge in [-0.1, -0.05) is 19.9 Å². The second-order valence-corrected chi connectivity index (χ2v) is 9.30. The third-order valence-electron chi connectivity index (χ3n) is 4.25. The number of nitrogens with one attached hydrogen (secondary N) is 3. The molecule has 2 aromatic carbocycles. The van der Waals surface area contributed by atoms with Crippen molar-refractivity contribution in [1.82, 2.24) is 10.0 Å². The van der Waals surface area contributed by atoms with Crippen LogP contribution < -0.4 is 15.4 Å². The highest BCUT2D eigenvalue weighted by atomic mass is 32.2. The van der Waals surface area contributed by atoms with Crippen molar-refractivity contribution in [2.75, 3.05) is 5.32 Å². The normalized spacial score (nSPS) is 12.6. The SMILES string of the molecule is CC(C)NS(=O)(=O)c1ccc(NC(=O)C(NC(=O)c2c(F)cccc2F)C(C)C)cc1. The van der Waals surface area contributed by atoms with Crippen LogP contribution in [0, 0.1) is 17.6 Å². The van der Waals surface area contributed by atoms with E-state index in [1.807, 2.05) is 0 Å². The molecule has 2 rings (SSSR count). The molecule has 2 amide bonds. The molecular weight excluding hydrogens is 428 g/mol. The minimum atomic E-state index is -3.68. The van der Waals surface area contributed by atoms with E-state index < -0.39 is 51.0 Å². The van der Waals surface area contributed by atoms with E-state index in [0.717, 1.165) is 18.2 Å². The van der Waals surface area contributed by atoms with Crippen LogP contribution in [0.5, 0.6) is 0 Å². The Kier molecular flexibility index (Phi) is 7.85. The van der Waals surface area contributed by atoms with Crippen LogP contribution in [0.2, 0.25) is 0 Å². The molecular formula is C21H25F2N3O4S. The van der Waals surface area contributed by atoms with Crippen LogP contribution >= 0.6 is 0 Å². The quantitative estimate of drug-likeness (QED) is 0.571. The summed E-state index contributed by atoms with van der Waals surface area (Å²) in [5.41, 5.74) is -0.473. The van der Waals surface area contributed by atoms with Gasteiger partial charge in [0.05, 0.1) is 4.90 Å². The number of carbonyl (C=O) groups is 2. The molecule has 0 aliphatic heterocycles. The first-order chi connectivity index (χ1) is 14.4. The third-order valence-corrected chi connectivity index (χ3v) is 5.92. The monoisotopic (exact) mass is 453 g/mol. The molecule has 0 aromatic heterocycles. The molecule has 0 fully saturated rings. The molecule has 0 saturated heterocycles. The fourth-order valence-electron chi connectivity index (χ4n) is 2.78. The number of carbonyl (C=O) groups excluding carboxylic acids is 2. The molecule has 7 nitrogen and oxygen atoms in total. The van der Waals surface area contributed by atoms with Gasteiger partial charge in [0.1, 0.15) is 23.2 Å². The van der Waals surface area contributed by atoms with E-state index >= 15 is 0 Å². The lowest BCUT2D eigenvalue weighted by atomic mass is 10.0. The first kappa shape index (κ1) is 24.4. The van der Waals surface area contributed by atoms with Crippen molar-refractivity contribution in [2.45, 2.75) is 44.7 Å². The van der Waals surface area contributed by atoms with Crippen LogP contribution in [0.25, 0.3) is 0 Å². The molecule has 10 heteroatoms. The first-order valence-corrected chi connectivity index (χ1v) is 11.1. The molecule has 3 N–H and O–H groups in total. The molecule has 168 valence electrons. The number of sulfonamides is 1. The molecule has 1 atom stereocenters. The summed E-state index contributed by atoms with van der Waals surface area (Å²) in [5.74, 6) is -4.13. The van der Waals surface area contributed by atoms with Gasteiger partial charge >= 0.3 is 0 Å². The summed E-state index contributed by atoms with van der Waals surface area (Å²) < 4.78 is 54.5. The Bertz CT molecular complexity index is 1030. The molecule has 0 aliphatic carbocycles. The van der Waals surface area contributed by atoms with E-state index in [2.05, 4.69) is 15.4 Å². The molecule has 0 aliphatic rings. The van der Waals surface area contributed by atoms with Gasteiger partial charge in [-0.15, -0.1) is 0 Å². The number of benzene rings is 2. The highest BCUT2D eigenvalue weighted by molar-refractivity contribution is 7.89.